The Bertz CT molecular complexity index is 902. The van der Waals surface area contributed by atoms with Gasteiger partial charge in [0.25, 0.3) is 0 Å². The van der Waals surface area contributed by atoms with Gasteiger partial charge in [-0.2, -0.15) is 0 Å². The SMILES string of the molecule is Cc1nnc(CNC(=NCc2ccccc2)NCCc2ccc(Cl)cc2)n1C. The Labute approximate surface area is 170 Å². The van der Waals surface area contributed by atoms with Crippen LogP contribution < -0.4 is 10.6 Å². The Morgan fingerprint density at radius 2 is 1.75 bits per heavy atom. The van der Waals surface area contributed by atoms with Crippen LogP contribution in [0.15, 0.2) is 59.6 Å². The molecule has 0 aliphatic rings. The van der Waals surface area contributed by atoms with E-state index in [4.69, 9.17) is 16.6 Å². The predicted octanol–water partition coefficient (Wildman–Crippen LogP) is 3.26. The number of nitrogens with zero attached hydrogens (tertiary/aromatic N) is 4. The summed E-state index contributed by atoms with van der Waals surface area (Å²) in [6.07, 6.45) is 0.881. The minimum Gasteiger partial charge on any atom is -0.356 e. The Balaban J connectivity index is 1.61. The lowest BCUT2D eigenvalue weighted by atomic mass is 10.1. The van der Waals surface area contributed by atoms with Gasteiger partial charge in [-0.15, -0.1) is 10.2 Å². The van der Waals surface area contributed by atoms with E-state index in [-0.39, 0.29) is 0 Å². The molecule has 1 aromatic heterocycles. The lowest BCUT2D eigenvalue weighted by molar-refractivity contribution is 0.713. The van der Waals surface area contributed by atoms with E-state index < -0.39 is 0 Å². The highest BCUT2D eigenvalue weighted by Crippen LogP contribution is 2.09. The molecule has 146 valence electrons. The third-order valence-electron chi connectivity index (χ3n) is 4.48. The van der Waals surface area contributed by atoms with Crippen molar-refractivity contribution in [2.45, 2.75) is 26.4 Å². The minimum absolute atomic E-state index is 0.554. The van der Waals surface area contributed by atoms with Gasteiger partial charge < -0.3 is 15.2 Å². The van der Waals surface area contributed by atoms with Crippen molar-refractivity contribution in [3.8, 4) is 0 Å². The molecule has 2 N–H and O–H groups in total. The van der Waals surface area contributed by atoms with Crippen LogP contribution in [0, 0.1) is 6.92 Å². The molecular weight excluding hydrogens is 372 g/mol. The summed E-state index contributed by atoms with van der Waals surface area (Å²) in [7, 11) is 1.96. The molecule has 0 saturated heterocycles. The summed E-state index contributed by atoms with van der Waals surface area (Å²) in [5.41, 5.74) is 2.39. The fourth-order valence-corrected chi connectivity index (χ4v) is 2.80. The number of rotatable bonds is 7. The number of aryl methyl sites for hydroxylation is 1. The molecule has 0 bridgehead atoms. The lowest BCUT2D eigenvalue weighted by Crippen LogP contribution is -2.38. The van der Waals surface area contributed by atoms with Crippen molar-refractivity contribution >= 4 is 17.6 Å². The molecule has 0 unspecified atom stereocenters. The van der Waals surface area contributed by atoms with Crippen molar-refractivity contribution in [1.29, 1.82) is 0 Å². The van der Waals surface area contributed by atoms with E-state index in [0.29, 0.717) is 13.1 Å². The van der Waals surface area contributed by atoms with Crippen LogP contribution in [0.25, 0.3) is 0 Å². The largest absolute Gasteiger partial charge is 0.356 e. The molecular formula is C21H25ClN6. The van der Waals surface area contributed by atoms with Gasteiger partial charge in [-0.25, -0.2) is 4.99 Å². The highest BCUT2D eigenvalue weighted by Gasteiger charge is 2.06. The van der Waals surface area contributed by atoms with Crippen molar-refractivity contribution in [1.82, 2.24) is 25.4 Å². The van der Waals surface area contributed by atoms with Crippen LogP contribution in [0.3, 0.4) is 0 Å². The quantitative estimate of drug-likeness (QED) is 0.475. The van der Waals surface area contributed by atoms with E-state index in [1.807, 2.05) is 61.0 Å². The Morgan fingerprint density at radius 3 is 2.43 bits per heavy atom. The molecule has 0 amide bonds. The highest BCUT2D eigenvalue weighted by molar-refractivity contribution is 6.30. The van der Waals surface area contributed by atoms with Crippen molar-refractivity contribution in [2.24, 2.45) is 12.0 Å². The maximum Gasteiger partial charge on any atom is 0.191 e. The first-order chi connectivity index (χ1) is 13.6. The van der Waals surface area contributed by atoms with E-state index in [1.54, 1.807) is 0 Å². The molecule has 0 aliphatic heterocycles. The fraction of sp³-hybridized carbons (Fsp3) is 0.286. The van der Waals surface area contributed by atoms with Crippen LogP contribution in [-0.4, -0.2) is 27.3 Å². The minimum atomic E-state index is 0.554. The molecule has 0 aliphatic carbocycles. The van der Waals surface area contributed by atoms with Gasteiger partial charge in [-0.3, -0.25) is 0 Å². The first kappa shape index (κ1) is 19.9. The van der Waals surface area contributed by atoms with E-state index in [9.17, 15) is 0 Å². The van der Waals surface area contributed by atoms with Gasteiger partial charge in [0.05, 0.1) is 13.1 Å². The molecule has 7 heteroatoms. The van der Waals surface area contributed by atoms with E-state index in [2.05, 4.69) is 33.0 Å². The van der Waals surface area contributed by atoms with Crippen LogP contribution >= 0.6 is 11.6 Å². The molecule has 0 fully saturated rings. The van der Waals surface area contributed by atoms with Crippen LogP contribution in [0.1, 0.15) is 22.8 Å². The number of benzene rings is 2. The summed E-state index contributed by atoms with van der Waals surface area (Å²) >= 11 is 5.95. The number of halogens is 1. The smallest absolute Gasteiger partial charge is 0.191 e. The Morgan fingerprint density at radius 1 is 1.00 bits per heavy atom. The molecule has 3 aromatic rings. The monoisotopic (exact) mass is 396 g/mol. The maximum atomic E-state index is 5.95. The van der Waals surface area contributed by atoms with Crippen molar-refractivity contribution in [3.05, 3.63) is 82.4 Å². The zero-order valence-corrected chi connectivity index (χ0v) is 16.9. The van der Waals surface area contributed by atoms with Crippen LogP contribution in [0.2, 0.25) is 5.02 Å². The van der Waals surface area contributed by atoms with Gasteiger partial charge in [0, 0.05) is 18.6 Å². The van der Waals surface area contributed by atoms with E-state index in [1.165, 1.54) is 5.56 Å². The summed E-state index contributed by atoms with van der Waals surface area (Å²) in [6, 6.07) is 18.1. The second-order valence-corrected chi connectivity index (χ2v) is 6.97. The first-order valence-corrected chi connectivity index (χ1v) is 9.65. The second kappa shape index (κ2) is 9.90. The zero-order valence-electron chi connectivity index (χ0n) is 16.2. The average molecular weight is 397 g/mol. The Hall–Kier alpha value is -2.86. The van der Waals surface area contributed by atoms with E-state index in [0.717, 1.165) is 41.2 Å². The Kier molecular flexibility index (Phi) is 7.03. The molecule has 3 rings (SSSR count). The van der Waals surface area contributed by atoms with Gasteiger partial charge in [-0.1, -0.05) is 54.1 Å². The van der Waals surface area contributed by atoms with Gasteiger partial charge in [0.1, 0.15) is 5.82 Å². The molecule has 0 atom stereocenters. The number of guanidine groups is 1. The summed E-state index contributed by atoms with van der Waals surface area (Å²) in [6.45, 7) is 3.86. The topological polar surface area (TPSA) is 67.1 Å². The zero-order chi connectivity index (χ0) is 19.8. The molecule has 0 spiro atoms. The average Bonchev–Trinajstić information content (AvgIpc) is 3.04. The summed E-state index contributed by atoms with van der Waals surface area (Å²) in [4.78, 5) is 4.71. The van der Waals surface area contributed by atoms with Gasteiger partial charge in [-0.05, 0) is 36.6 Å². The van der Waals surface area contributed by atoms with Crippen LogP contribution in [0.5, 0.6) is 0 Å². The number of hydrogen-bond acceptors (Lipinski definition) is 3. The predicted molar refractivity (Wildman–Crippen MR) is 113 cm³/mol. The van der Waals surface area contributed by atoms with Crippen molar-refractivity contribution < 1.29 is 0 Å². The standard InChI is InChI=1S/C21H25ClN6/c1-16-26-27-20(28(16)2)15-25-21(24-14-18-6-4-3-5-7-18)23-13-12-17-8-10-19(22)11-9-17/h3-11H,12-15H2,1-2H3,(H2,23,24,25). The number of aromatic nitrogens is 3. The van der Waals surface area contributed by atoms with Gasteiger partial charge >= 0.3 is 0 Å². The van der Waals surface area contributed by atoms with Crippen molar-refractivity contribution in [2.75, 3.05) is 6.54 Å². The molecule has 0 radical (unpaired) electrons. The third kappa shape index (κ3) is 5.82. The molecule has 2 aromatic carbocycles. The van der Waals surface area contributed by atoms with E-state index >= 15 is 0 Å². The molecule has 6 nitrogen and oxygen atoms in total. The molecule has 28 heavy (non-hydrogen) atoms. The van der Waals surface area contributed by atoms with Crippen molar-refractivity contribution in [3.63, 3.8) is 0 Å². The second-order valence-electron chi connectivity index (χ2n) is 6.53. The number of hydrogen-bond donors (Lipinski definition) is 2. The van der Waals surface area contributed by atoms with Gasteiger partial charge in [0.2, 0.25) is 0 Å². The molecule has 0 saturated carbocycles. The summed E-state index contributed by atoms with van der Waals surface area (Å²) in [5, 5.41) is 15.8. The van der Waals surface area contributed by atoms with Gasteiger partial charge in [0.15, 0.2) is 11.8 Å². The summed E-state index contributed by atoms with van der Waals surface area (Å²) in [5.74, 6) is 2.50. The first-order valence-electron chi connectivity index (χ1n) is 9.27. The van der Waals surface area contributed by atoms with Crippen LogP contribution in [0.4, 0.5) is 0 Å². The summed E-state index contributed by atoms with van der Waals surface area (Å²) < 4.78 is 1.97. The fourth-order valence-electron chi connectivity index (χ4n) is 2.67. The number of aliphatic imine (C=N–C) groups is 1. The van der Waals surface area contributed by atoms with Crippen LogP contribution in [-0.2, 0) is 26.6 Å². The molecule has 1 heterocycles. The lowest BCUT2D eigenvalue weighted by Gasteiger charge is -2.13. The maximum absolute atomic E-state index is 5.95. The normalized spacial score (nSPS) is 11.5. The highest BCUT2D eigenvalue weighted by atomic mass is 35.5. The number of nitrogens with one attached hydrogen (secondary N) is 2. The third-order valence-corrected chi connectivity index (χ3v) is 4.73.